The first kappa shape index (κ1) is 15.9. The van der Waals surface area contributed by atoms with Crippen LogP contribution in [0.3, 0.4) is 0 Å². The van der Waals surface area contributed by atoms with Crippen molar-refractivity contribution in [1.29, 1.82) is 0 Å². The molecule has 2 aliphatic heterocycles. The molecule has 0 unspecified atom stereocenters. The van der Waals surface area contributed by atoms with E-state index in [0.29, 0.717) is 13.1 Å². The van der Waals surface area contributed by atoms with Gasteiger partial charge >= 0.3 is 0 Å². The average molecular weight is 349 g/mol. The minimum Gasteiger partial charge on any atom is -0.468 e. The van der Waals surface area contributed by atoms with Crippen molar-refractivity contribution in [2.75, 3.05) is 13.1 Å². The molecule has 4 heterocycles. The third kappa shape index (κ3) is 2.51. The van der Waals surface area contributed by atoms with Gasteiger partial charge < -0.3 is 8.98 Å². The van der Waals surface area contributed by atoms with Crippen LogP contribution in [0, 0.1) is 0 Å². The third-order valence-electron chi connectivity index (χ3n) is 5.20. The van der Waals surface area contributed by atoms with E-state index in [-0.39, 0.29) is 12.1 Å². The molecule has 6 nitrogen and oxygen atoms in total. The van der Waals surface area contributed by atoms with Gasteiger partial charge in [0.2, 0.25) is 0 Å². The lowest BCUT2D eigenvalue weighted by atomic mass is 10.1. The summed E-state index contributed by atoms with van der Waals surface area (Å²) in [6.45, 7) is 1.14. The normalized spacial score (nSPS) is 26.4. The summed E-state index contributed by atoms with van der Waals surface area (Å²) in [7, 11) is -1.54. The van der Waals surface area contributed by atoms with Crippen molar-refractivity contribution in [3.05, 3.63) is 48.2 Å². The lowest BCUT2D eigenvalue weighted by Gasteiger charge is -2.31. The first-order valence-electron chi connectivity index (χ1n) is 8.52. The highest BCUT2D eigenvalue weighted by Gasteiger charge is 2.44. The van der Waals surface area contributed by atoms with Crippen LogP contribution in [0.5, 0.6) is 0 Å². The van der Waals surface area contributed by atoms with E-state index < -0.39 is 10.2 Å². The van der Waals surface area contributed by atoms with Crippen molar-refractivity contribution < 1.29 is 12.8 Å². The Morgan fingerprint density at radius 3 is 2.38 bits per heavy atom. The topological polar surface area (TPSA) is 58.7 Å². The summed E-state index contributed by atoms with van der Waals surface area (Å²) in [4.78, 5) is 0. The average Bonchev–Trinajstić information content (AvgIpc) is 3.32. The van der Waals surface area contributed by atoms with Crippen molar-refractivity contribution in [3.8, 4) is 0 Å². The molecule has 2 fully saturated rings. The predicted octanol–water partition coefficient (Wildman–Crippen LogP) is 2.84. The molecule has 2 aliphatic rings. The Morgan fingerprint density at radius 1 is 1.04 bits per heavy atom. The van der Waals surface area contributed by atoms with E-state index >= 15 is 0 Å². The molecule has 4 rings (SSSR count). The van der Waals surface area contributed by atoms with Crippen LogP contribution < -0.4 is 0 Å². The SMILES string of the molecule is Cn1cccc1[C@H]1CCCN1S(=O)(=O)N1CCC[C@H]1c1ccco1. The first-order valence-corrected chi connectivity index (χ1v) is 9.92. The highest BCUT2D eigenvalue weighted by molar-refractivity contribution is 7.86. The molecule has 0 aromatic carbocycles. The maximum absolute atomic E-state index is 13.4. The second kappa shape index (κ2) is 6.06. The van der Waals surface area contributed by atoms with Crippen LogP contribution in [-0.4, -0.2) is 34.7 Å². The predicted molar refractivity (Wildman–Crippen MR) is 90.4 cm³/mol. The Bertz CT molecular complexity index is 797. The molecule has 2 atom stereocenters. The molecule has 0 amide bonds. The van der Waals surface area contributed by atoms with Crippen molar-refractivity contribution in [1.82, 2.24) is 13.2 Å². The van der Waals surface area contributed by atoms with Gasteiger partial charge in [0.1, 0.15) is 5.76 Å². The van der Waals surface area contributed by atoms with E-state index in [2.05, 4.69) is 0 Å². The largest absolute Gasteiger partial charge is 0.468 e. The van der Waals surface area contributed by atoms with Crippen LogP contribution >= 0.6 is 0 Å². The number of furan rings is 1. The molecular formula is C17H23N3O3S. The molecule has 7 heteroatoms. The number of hydrogen-bond acceptors (Lipinski definition) is 3. The zero-order valence-corrected chi connectivity index (χ0v) is 14.7. The fourth-order valence-electron chi connectivity index (χ4n) is 4.05. The van der Waals surface area contributed by atoms with Gasteiger partial charge in [0.05, 0.1) is 18.3 Å². The van der Waals surface area contributed by atoms with Crippen LogP contribution in [0.25, 0.3) is 0 Å². The monoisotopic (exact) mass is 349 g/mol. The molecule has 2 saturated heterocycles. The fraction of sp³-hybridized carbons (Fsp3) is 0.529. The first-order chi connectivity index (χ1) is 11.6. The Hall–Kier alpha value is -1.57. The van der Waals surface area contributed by atoms with Crippen LogP contribution in [0.1, 0.15) is 49.2 Å². The van der Waals surface area contributed by atoms with Crippen molar-refractivity contribution >= 4 is 10.2 Å². The van der Waals surface area contributed by atoms with Crippen LogP contribution in [-0.2, 0) is 17.3 Å². The summed E-state index contributed by atoms with van der Waals surface area (Å²) < 4.78 is 37.5. The summed E-state index contributed by atoms with van der Waals surface area (Å²) in [5, 5.41) is 0. The van der Waals surface area contributed by atoms with Gasteiger partial charge in [-0.2, -0.15) is 17.0 Å². The number of aryl methyl sites for hydroxylation is 1. The molecule has 0 N–H and O–H groups in total. The van der Waals surface area contributed by atoms with E-state index in [9.17, 15) is 8.42 Å². The van der Waals surface area contributed by atoms with E-state index in [0.717, 1.165) is 37.1 Å². The van der Waals surface area contributed by atoms with Gasteiger partial charge in [0.25, 0.3) is 10.2 Å². The van der Waals surface area contributed by atoms with Gasteiger partial charge in [-0.05, 0) is 49.9 Å². The Morgan fingerprint density at radius 2 is 1.75 bits per heavy atom. The van der Waals surface area contributed by atoms with Gasteiger partial charge in [-0.15, -0.1) is 0 Å². The molecule has 24 heavy (non-hydrogen) atoms. The summed E-state index contributed by atoms with van der Waals surface area (Å²) in [6.07, 6.45) is 7.04. The van der Waals surface area contributed by atoms with Crippen LogP contribution in [0.2, 0.25) is 0 Å². The van der Waals surface area contributed by atoms with Crippen LogP contribution in [0.15, 0.2) is 41.1 Å². The van der Waals surface area contributed by atoms with E-state index in [1.807, 2.05) is 42.1 Å². The molecule has 0 bridgehead atoms. The lowest BCUT2D eigenvalue weighted by Crippen LogP contribution is -2.43. The Kier molecular flexibility index (Phi) is 4.02. The maximum Gasteiger partial charge on any atom is 0.283 e. The molecule has 0 radical (unpaired) electrons. The smallest absolute Gasteiger partial charge is 0.283 e. The van der Waals surface area contributed by atoms with Gasteiger partial charge in [0, 0.05) is 32.0 Å². The minimum absolute atomic E-state index is 0.0761. The highest BCUT2D eigenvalue weighted by Crippen LogP contribution is 2.40. The summed E-state index contributed by atoms with van der Waals surface area (Å²) in [6, 6.07) is 7.43. The van der Waals surface area contributed by atoms with Crippen LogP contribution in [0.4, 0.5) is 0 Å². The number of hydrogen-bond donors (Lipinski definition) is 0. The van der Waals surface area contributed by atoms with Crippen molar-refractivity contribution in [2.24, 2.45) is 7.05 Å². The molecular weight excluding hydrogens is 326 g/mol. The van der Waals surface area contributed by atoms with Gasteiger partial charge in [-0.1, -0.05) is 0 Å². The van der Waals surface area contributed by atoms with E-state index in [1.54, 1.807) is 14.9 Å². The second-order valence-corrected chi connectivity index (χ2v) is 8.44. The molecule has 0 aliphatic carbocycles. The standard InChI is InChI=1S/C17H23N3O3S/c1-18-10-2-6-14(18)15-7-3-11-19(15)24(21,22)20-12-4-8-16(20)17-9-5-13-23-17/h2,5-6,9-10,13,15-16H,3-4,7-8,11-12H2,1H3/t15-,16+/m1/s1. The Labute approximate surface area is 142 Å². The zero-order valence-electron chi connectivity index (χ0n) is 13.8. The minimum atomic E-state index is -3.51. The number of rotatable bonds is 4. The van der Waals surface area contributed by atoms with Gasteiger partial charge in [0.15, 0.2) is 0 Å². The quantitative estimate of drug-likeness (QED) is 0.853. The zero-order chi connectivity index (χ0) is 16.7. The van der Waals surface area contributed by atoms with Crippen molar-refractivity contribution in [3.63, 3.8) is 0 Å². The molecule has 0 spiro atoms. The van der Waals surface area contributed by atoms with Gasteiger partial charge in [-0.3, -0.25) is 0 Å². The van der Waals surface area contributed by atoms with Crippen molar-refractivity contribution in [2.45, 2.75) is 37.8 Å². The van der Waals surface area contributed by atoms with E-state index in [1.165, 1.54) is 0 Å². The lowest BCUT2D eigenvalue weighted by molar-refractivity contribution is 0.292. The second-order valence-electron chi connectivity index (χ2n) is 6.60. The molecule has 2 aromatic rings. The summed E-state index contributed by atoms with van der Waals surface area (Å²) in [5.41, 5.74) is 1.06. The highest BCUT2D eigenvalue weighted by atomic mass is 32.2. The molecule has 2 aromatic heterocycles. The number of aromatic nitrogens is 1. The summed E-state index contributed by atoms with van der Waals surface area (Å²) in [5.74, 6) is 0.741. The number of nitrogens with zero attached hydrogens (tertiary/aromatic N) is 3. The Balaban J connectivity index is 1.65. The fourth-order valence-corrected chi connectivity index (χ4v) is 6.10. The summed E-state index contributed by atoms with van der Waals surface area (Å²) >= 11 is 0. The third-order valence-corrected chi connectivity index (χ3v) is 7.26. The van der Waals surface area contributed by atoms with Gasteiger partial charge in [-0.25, -0.2) is 0 Å². The molecule has 0 saturated carbocycles. The maximum atomic E-state index is 13.4. The van der Waals surface area contributed by atoms with E-state index in [4.69, 9.17) is 4.42 Å². The molecule has 130 valence electrons.